The molecule has 1 atom stereocenters. The summed E-state index contributed by atoms with van der Waals surface area (Å²) in [6.45, 7) is 1.95. The summed E-state index contributed by atoms with van der Waals surface area (Å²) in [7, 11) is -1.92. The van der Waals surface area contributed by atoms with Crippen molar-refractivity contribution in [2.45, 2.75) is 19.6 Å². The second kappa shape index (κ2) is 10.8. The molecule has 0 bridgehead atoms. The van der Waals surface area contributed by atoms with Gasteiger partial charge in [0.1, 0.15) is 5.75 Å². The Labute approximate surface area is 199 Å². The van der Waals surface area contributed by atoms with Crippen molar-refractivity contribution in [3.63, 3.8) is 0 Å². The van der Waals surface area contributed by atoms with Gasteiger partial charge in [0, 0.05) is 13.6 Å². The molecule has 0 spiro atoms. The van der Waals surface area contributed by atoms with Gasteiger partial charge in [-0.25, -0.2) is 8.42 Å². The van der Waals surface area contributed by atoms with Crippen molar-refractivity contribution < 1.29 is 22.7 Å². The molecular formula is C25H27N3O5S. The predicted molar refractivity (Wildman–Crippen MR) is 132 cm³/mol. The minimum Gasteiger partial charge on any atom is -0.481 e. The smallest absolute Gasteiger partial charge is 0.265 e. The minimum atomic E-state index is -3.38. The van der Waals surface area contributed by atoms with Crippen molar-refractivity contribution in [1.82, 2.24) is 5.32 Å². The monoisotopic (exact) mass is 481 g/mol. The number of carbonyl (C=O) groups is 2. The Bertz CT molecular complexity index is 1250. The van der Waals surface area contributed by atoms with E-state index < -0.39 is 22.0 Å². The van der Waals surface area contributed by atoms with Gasteiger partial charge in [0.15, 0.2) is 6.10 Å². The first-order valence-corrected chi connectivity index (χ1v) is 12.4. The largest absolute Gasteiger partial charge is 0.481 e. The molecule has 2 amide bonds. The van der Waals surface area contributed by atoms with Gasteiger partial charge in [0.05, 0.1) is 23.2 Å². The van der Waals surface area contributed by atoms with Crippen LogP contribution in [0.2, 0.25) is 0 Å². The lowest BCUT2D eigenvalue weighted by Crippen LogP contribution is -2.31. The summed E-state index contributed by atoms with van der Waals surface area (Å²) in [5, 5.41) is 5.60. The van der Waals surface area contributed by atoms with Gasteiger partial charge in [0.2, 0.25) is 10.0 Å². The van der Waals surface area contributed by atoms with Crippen LogP contribution >= 0.6 is 0 Å². The third-order valence-corrected chi connectivity index (χ3v) is 6.31. The summed E-state index contributed by atoms with van der Waals surface area (Å²) >= 11 is 0. The van der Waals surface area contributed by atoms with Crippen LogP contribution in [0.3, 0.4) is 0 Å². The molecule has 0 aliphatic carbocycles. The van der Waals surface area contributed by atoms with Crippen molar-refractivity contribution in [3.8, 4) is 5.75 Å². The van der Waals surface area contributed by atoms with Crippen LogP contribution in [0.25, 0.3) is 0 Å². The molecule has 3 rings (SSSR count). The van der Waals surface area contributed by atoms with E-state index in [0.29, 0.717) is 29.2 Å². The average molecular weight is 482 g/mol. The lowest BCUT2D eigenvalue weighted by Gasteiger charge is -2.19. The van der Waals surface area contributed by atoms with E-state index in [1.165, 1.54) is 7.05 Å². The molecule has 1 unspecified atom stereocenters. The normalized spacial score (nSPS) is 11.9. The van der Waals surface area contributed by atoms with Crippen LogP contribution < -0.4 is 19.7 Å². The summed E-state index contributed by atoms with van der Waals surface area (Å²) in [4.78, 5) is 25.4. The van der Waals surface area contributed by atoms with Crippen LogP contribution in [0.15, 0.2) is 78.9 Å². The lowest BCUT2D eigenvalue weighted by molar-refractivity contribution is -0.122. The standard InChI is InChI=1S/C25H27N3O5S/c1-18(33-21-15-13-20(14-16-21)28(2)34(3,31)32)24(29)27-23-12-8-7-11-22(23)25(30)26-17-19-9-5-4-6-10-19/h4-16,18H,17H2,1-3H3,(H,26,30)(H,27,29). The zero-order valence-corrected chi connectivity index (χ0v) is 20.0. The Kier molecular flexibility index (Phi) is 7.91. The van der Waals surface area contributed by atoms with Crippen LogP contribution in [-0.2, 0) is 21.4 Å². The highest BCUT2D eigenvalue weighted by Crippen LogP contribution is 2.22. The number of amides is 2. The minimum absolute atomic E-state index is 0.307. The first kappa shape index (κ1) is 24.8. The number of hydrogen-bond acceptors (Lipinski definition) is 5. The molecule has 3 aromatic carbocycles. The number of sulfonamides is 1. The van der Waals surface area contributed by atoms with Crippen LogP contribution in [0.1, 0.15) is 22.8 Å². The second-order valence-electron chi connectivity index (χ2n) is 7.69. The zero-order valence-electron chi connectivity index (χ0n) is 19.2. The molecule has 3 aromatic rings. The summed E-state index contributed by atoms with van der Waals surface area (Å²) < 4.78 is 30.2. The topological polar surface area (TPSA) is 105 Å². The summed E-state index contributed by atoms with van der Waals surface area (Å²) in [5.41, 5.74) is 2.15. The molecule has 34 heavy (non-hydrogen) atoms. The van der Waals surface area contributed by atoms with E-state index in [1.54, 1.807) is 55.5 Å². The molecule has 0 fully saturated rings. The van der Waals surface area contributed by atoms with Crippen molar-refractivity contribution in [2.24, 2.45) is 0 Å². The molecule has 0 aromatic heterocycles. The molecule has 0 radical (unpaired) electrons. The number of nitrogens with one attached hydrogen (secondary N) is 2. The van der Waals surface area contributed by atoms with Gasteiger partial charge in [-0.1, -0.05) is 42.5 Å². The van der Waals surface area contributed by atoms with E-state index in [0.717, 1.165) is 16.1 Å². The van der Waals surface area contributed by atoms with Crippen molar-refractivity contribution in [3.05, 3.63) is 90.0 Å². The molecule has 178 valence electrons. The number of rotatable bonds is 9. The molecule has 0 aliphatic heterocycles. The predicted octanol–water partition coefficient (Wildman–Crippen LogP) is 3.42. The van der Waals surface area contributed by atoms with Crippen molar-refractivity contribution >= 4 is 33.2 Å². The maximum absolute atomic E-state index is 12.7. The molecular weight excluding hydrogens is 454 g/mol. The number of benzene rings is 3. The first-order chi connectivity index (χ1) is 16.1. The third kappa shape index (κ3) is 6.58. The molecule has 9 heteroatoms. The van der Waals surface area contributed by atoms with Crippen molar-refractivity contribution in [2.75, 3.05) is 22.9 Å². The zero-order chi connectivity index (χ0) is 24.7. The van der Waals surface area contributed by atoms with Crippen molar-refractivity contribution in [1.29, 1.82) is 0 Å². The highest BCUT2D eigenvalue weighted by atomic mass is 32.2. The maximum Gasteiger partial charge on any atom is 0.265 e. The van der Waals surface area contributed by atoms with Gasteiger partial charge in [-0.05, 0) is 48.9 Å². The van der Waals surface area contributed by atoms with Gasteiger partial charge >= 0.3 is 0 Å². The quantitative estimate of drug-likeness (QED) is 0.487. The van der Waals surface area contributed by atoms with E-state index in [-0.39, 0.29) is 5.91 Å². The number of nitrogens with zero attached hydrogens (tertiary/aromatic N) is 1. The summed E-state index contributed by atoms with van der Waals surface area (Å²) in [6, 6.07) is 22.6. The molecule has 0 aliphatic rings. The number of carbonyl (C=O) groups excluding carboxylic acids is 2. The summed E-state index contributed by atoms with van der Waals surface area (Å²) in [6.07, 6.45) is 0.253. The third-order valence-electron chi connectivity index (χ3n) is 5.11. The van der Waals surface area contributed by atoms with Gasteiger partial charge in [0.25, 0.3) is 11.8 Å². The van der Waals surface area contributed by atoms with E-state index in [1.807, 2.05) is 30.3 Å². The highest BCUT2D eigenvalue weighted by molar-refractivity contribution is 7.92. The van der Waals surface area contributed by atoms with Crippen LogP contribution in [-0.4, -0.2) is 39.6 Å². The van der Waals surface area contributed by atoms with Crippen LogP contribution in [0, 0.1) is 0 Å². The Morgan fingerprint density at radius 1 is 0.941 bits per heavy atom. The Balaban J connectivity index is 1.62. The fourth-order valence-corrected chi connectivity index (χ4v) is 3.59. The van der Waals surface area contributed by atoms with E-state index in [4.69, 9.17) is 4.74 Å². The van der Waals surface area contributed by atoms with E-state index in [9.17, 15) is 18.0 Å². The SMILES string of the molecule is CC(Oc1ccc(N(C)S(C)(=O)=O)cc1)C(=O)Nc1ccccc1C(=O)NCc1ccccc1. The van der Waals surface area contributed by atoms with Gasteiger partial charge < -0.3 is 15.4 Å². The maximum atomic E-state index is 12.7. The van der Waals surface area contributed by atoms with Gasteiger partial charge in [-0.2, -0.15) is 0 Å². The van der Waals surface area contributed by atoms with E-state index in [2.05, 4.69) is 10.6 Å². The first-order valence-electron chi connectivity index (χ1n) is 10.6. The molecule has 8 nitrogen and oxygen atoms in total. The Hall–Kier alpha value is -3.85. The van der Waals surface area contributed by atoms with Crippen LogP contribution in [0.5, 0.6) is 5.75 Å². The van der Waals surface area contributed by atoms with Gasteiger partial charge in [-0.15, -0.1) is 0 Å². The highest BCUT2D eigenvalue weighted by Gasteiger charge is 2.19. The number of ether oxygens (including phenoxy) is 1. The Morgan fingerprint density at radius 3 is 2.21 bits per heavy atom. The second-order valence-corrected chi connectivity index (χ2v) is 9.70. The lowest BCUT2D eigenvalue weighted by atomic mass is 10.1. The molecule has 2 N–H and O–H groups in total. The average Bonchev–Trinajstić information content (AvgIpc) is 2.83. The number of para-hydroxylation sites is 1. The number of anilines is 2. The molecule has 0 saturated carbocycles. The molecule has 0 heterocycles. The van der Waals surface area contributed by atoms with Gasteiger partial charge in [-0.3, -0.25) is 13.9 Å². The number of hydrogen-bond donors (Lipinski definition) is 2. The fraction of sp³-hybridized carbons (Fsp3) is 0.200. The Morgan fingerprint density at radius 2 is 1.56 bits per heavy atom. The molecule has 0 saturated heterocycles. The van der Waals surface area contributed by atoms with Crippen LogP contribution in [0.4, 0.5) is 11.4 Å². The van der Waals surface area contributed by atoms with E-state index >= 15 is 0 Å². The fourth-order valence-electron chi connectivity index (χ4n) is 3.08. The summed E-state index contributed by atoms with van der Waals surface area (Å²) in [5.74, 6) is -0.332.